The fourth-order valence-corrected chi connectivity index (χ4v) is 5.04. The molecule has 2 aliphatic rings. The molecule has 1 saturated carbocycles. The molecule has 2 fully saturated rings. The van der Waals surface area contributed by atoms with Crippen LogP contribution in [-0.2, 0) is 0 Å². The van der Waals surface area contributed by atoms with Crippen LogP contribution in [0.3, 0.4) is 0 Å². The van der Waals surface area contributed by atoms with Crippen molar-refractivity contribution in [3.8, 4) is 0 Å². The van der Waals surface area contributed by atoms with E-state index in [1.54, 1.807) is 18.3 Å². The summed E-state index contributed by atoms with van der Waals surface area (Å²) in [5.74, 6) is 2.13. The Bertz CT molecular complexity index is 902. The number of aromatic nitrogens is 1. The molecule has 150 valence electrons. The number of pyridine rings is 1. The molecule has 1 aliphatic carbocycles. The van der Waals surface area contributed by atoms with E-state index in [-0.39, 0.29) is 17.8 Å². The van der Waals surface area contributed by atoms with Crippen molar-refractivity contribution in [1.29, 1.82) is 0 Å². The number of aliphatic hydroxyl groups is 1. The maximum atomic E-state index is 12.9. The number of nitrogens with two attached hydrogens (primary N) is 1. The van der Waals surface area contributed by atoms with Crippen molar-refractivity contribution >= 4 is 34.0 Å². The van der Waals surface area contributed by atoms with Crippen molar-refractivity contribution in [1.82, 2.24) is 9.88 Å². The normalized spacial score (nSPS) is 24.5. The Morgan fingerprint density at radius 3 is 2.79 bits per heavy atom. The highest BCUT2D eigenvalue weighted by Crippen LogP contribution is 2.54. The molecule has 4 rings (SSSR count). The highest BCUT2D eigenvalue weighted by Gasteiger charge is 2.55. The first kappa shape index (κ1) is 19.6. The van der Waals surface area contributed by atoms with Gasteiger partial charge in [-0.2, -0.15) is 0 Å². The Balaban J connectivity index is 1.36. The number of rotatable bonds is 7. The van der Waals surface area contributed by atoms with Crippen LogP contribution >= 0.6 is 11.6 Å². The van der Waals surface area contributed by atoms with Crippen molar-refractivity contribution in [3.05, 3.63) is 35.0 Å². The number of piperidine rings is 1. The zero-order chi connectivity index (χ0) is 20.1. The zero-order valence-corrected chi connectivity index (χ0v) is 17.2. The van der Waals surface area contributed by atoms with Crippen molar-refractivity contribution < 1.29 is 9.90 Å². The molecular weight excluding hydrogens is 374 g/mol. The van der Waals surface area contributed by atoms with Gasteiger partial charge < -0.3 is 15.7 Å². The Labute approximate surface area is 170 Å². The molecule has 28 heavy (non-hydrogen) atoms. The Morgan fingerprint density at radius 1 is 1.39 bits per heavy atom. The Hall–Kier alpha value is -1.69. The van der Waals surface area contributed by atoms with Gasteiger partial charge in [0, 0.05) is 55.2 Å². The largest absolute Gasteiger partial charge is 0.397 e. The number of aliphatic hydroxyl groups excluding tert-OH is 1. The number of likely N-dealkylation sites (tertiary alicyclic amines) is 1. The van der Waals surface area contributed by atoms with Gasteiger partial charge in [-0.1, -0.05) is 25.4 Å². The number of hydrogen-bond acceptors (Lipinski definition) is 5. The quantitative estimate of drug-likeness (QED) is 0.547. The number of halogens is 1. The molecule has 0 bridgehead atoms. The number of ketones is 1. The number of nitrogens with zero attached hydrogens (tertiary/aromatic N) is 2. The minimum Gasteiger partial charge on any atom is -0.397 e. The van der Waals surface area contributed by atoms with Crippen molar-refractivity contribution in [2.45, 2.75) is 26.7 Å². The lowest BCUT2D eigenvalue weighted by molar-refractivity contribution is 0.0968. The molecular formula is C22H28ClN3O2. The number of nitrogen functional groups attached to an aromatic ring is 1. The maximum Gasteiger partial charge on any atom is 0.165 e. The van der Waals surface area contributed by atoms with E-state index >= 15 is 0 Å². The maximum absolute atomic E-state index is 12.9. The predicted octanol–water partition coefficient (Wildman–Crippen LogP) is 3.63. The van der Waals surface area contributed by atoms with Crippen LogP contribution in [0, 0.1) is 23.2 Å². The zero-order valence-electron chi connectivity index (χ0n) is 16.5. The van der Waals surface area contributed by atoms with Gasteiger partial charge in [0.25, 0.3) is 0 Å². The van der Waals surface area contributed by atoms with E-state index in [1.165, 1.54) is 0 Å². The number of anilines is 1. The summed E-state index contributed by atoms with van der Waals surface area (Å²) in [5.41, 5.74) is 7.69. The van der Waals surface area contributed by atoms with Gasteiger partial charge in [0.2, 0.25) is 0 Å². The van der Waals surface area contributed by atoms with Crippen molar-refractivity contribution in [3.63, 3.8) is 0 Å². The number of carbonyl (C=O) groups excluding carboxylic acids is 1. The molecule has 5 nitrogen and oxygen atoms in total. The summed E-state index contributed by atoms with van der Waals surface area (Å²) in [6.45, 7) is 7.52. The van der Waals surface area contributed by atoms with E-state index < -0.39 is 0 Å². The molecule has 1 aliphatic heterocycles. The molecule has 2 atom stereocenters. The van der Waals surface area contributed by atoms with E-state index in [1.807, 2.05) is 6.07 Å². The average Bonchev–Trinajstić information content (AvgIpc) is 3.13. The van der Waals surface area contributed by atoms with Crippen LogP contribution in [0.5, 0.6) is 0 Å². The molecule has 2 heterocycles. The summed E-state index contributed by atoms with van der Waals surface area (Å²) in [6.07, 6.45) is 3.12. The lowest BCUT2D eigenvalue weighted by atomic mass is 9.94. The fourth-order valence-electron chi connectivity index (χ4n) is 4.83. The lowest BCUT2D eigenvalue weighted by Crippen LogP contribution is -2.36. The second kappa shape index (κ2) is 7.29. The first-order valence-corrected chi connectivity index (χ1v) is 10.4. The van der Waals surface area contributed by atoms with Crippen LogP contribution < -0.4 is 5.73 Å². The van der Waals surface area contributed by atoms with Gasteiger partial charge in [0.1, 0.15) is 0 Å². The number of benzene rings is 1. The molecule has 2 unspecified atom stereocenters. The van der Waals surface area contributed by atoms with Gasteiger partial charge in [-0.3, -0.25) is 9.78 Å². The minimum atomic E-state index is -0.0509. The monoisotopic (exact) mass is 401 g/mol. The summed E-state index contributed by atoms with van der Waals surface area (Å²) in [5, 5.41) is 10.6. The average molecular weight is 402 g/mol. The Morgan fingerprint density at radius 2 is 2.11 bits per heavy atom. The molecule has 1 saturated heterocycles. The first-order valence-electron chi connectivity index (χ1n) is 10.00. The lowest BCUT2D eigenvalue weighted by Gasteiger charge is -2.29. The summed E-state index contributed by atoms with van der Waals surface area (Å²) < 4.78 is 0. The third-order valence-electron chi connectivity index (χ3n) is 6.41. The van der Waals surface area contributed by atoms with Crippen molar-refractivity contribution in [2.75, 3.05) is 32.0 Å². The standard InChI is InChI=1S/C22H28ClN3O2/c1-22(2,12-27)11-26-9-16-13(17(16)10-26)5-6-19(28)15-8-18(23)20(24)14-4-3-7-25-21(14)15/h3-4,7-8,13,16-17,27H,5-6,9-12,24H2,1-2H3. The SMILES string of the molecule is CC(C)(CO)CN1CC2C(CCC(=O)c3cc(Cl)c(N)c4cccnc34)C2C1. The van der Waals surface area contributed by atoms with Crippen LogP contribution in [0.25, 0.3) is 10.9 Å². The van der Waals surface area contributed by atoms with E-state index in [0.29, 0.717) is 46.0 Å². The van der Waals surface area contributed by atoms with Gasteiger partial charge in [-0.05, 0) is 42.4 Å². The van der Waals surface area contributed by atoms with Crippen LogP contribution in [0.2, 0.25) is 5.02 Å². The van der Waals surface area contributed by atoms with Gasteiger partial charge in [-0.15, -0.1) is 0 Å². The third kappa shape index (κ3) is 3.63. The molecule has 2 aromatic rings. The number of Topliss-reactive ketones (excluding diaryl/α,β-unsaturated/α-hetero) is 1. The van der Waals surface area contributed by atoms with E-state index in [9.17, 15) is 9.90 Å². The van der Waals surface area contributed by atoms with E-state index in [2.05, 4.69) is 23.7 Å². The number of hydrogen-bond donors (Lipinski definition) is 2. The summed E-state index contributed by atoms with van der Waals surface area (Å²) >= 11 is 6.24. The van der Waals surface area contributed by atoms with Crippen LogP contribution in [0.4, 0.5) is 5.69 Å². The summed E-state index contributed by atoms with van der Waals surface area (Å²) in [6, 6.07) is 5.33. The van der Waals surface area contributed by atoms with Crippen molar-refractivity contribution in [2.24, 2.45) is 23.2 Å². The molecule has 1 aromatic carbocycles. The predicted molar refractivity (Wildman–Crippen MR) is 113 cm³/mol. The third-order valence-corrected chi connectivity index (χ3v) is 6.73. The second-order valence-electron chi connectivity index (χ2n) is 9.19. The molecule has 1 aromatic heterocycles. The summed E-state index contributed by atoms with van der Waals surface area (Å²) in [7, 11) is 0. The highest BCUT2D eigenvalue weighted by atomic mass is 35.5. The summed E-state index contributed by atoms with van der Waals surface area (Å²) in [4.78, 5) is 19.7. The van der Waals surface area contributed by atoms with E-state index in [4.69, 9.17) is 17.3 Å². The highest BCUT2D eigenvalue weighted by molar-refractivity contribution is 6.35. The minimum absolute atomic E-state index is 0.0509. The number of carbonyl (C=O) groups is 1. The smallest absolute Gasteiger partial charge is 0.165 e. The molecule has 0 radical (unpaired) electrons. The second-order valence-corrected chi connectivity index (χ2v) is 9.60. The van der Waals surface area contributed by atoms with Gasteiger partial charge >= 0.3 is 0 Å². The topological polar surface area (TPSA) is 79.5 Å². The van der Waals surface area contributed by atoms with Gasteiger partial charge in [0.15, 0.2) is 5.78 Å². The van der Waals surface area contributed by atoms with Gasteiger partial charge in [0.05, 0.1) is 16.2 Å². The Kier molecular flexibility index (Phi) is 5.10. The molecule has 6 heteroatoms. The van der Waals surface area contributed by atoms with Gasteiger partial charge in [-0.25, -0.2) is 0 Å². The molecule has 0 amide bonds. The van der Waals surface area contributed by atoms with E-state index in [0.717, 1.165) is 31.4 Å². The van der Waals surface area contributed by atoms with Crippen LogP contribution in [0.1, 0.15) is 37.0 Å². The molecule has 3 N–H and O–H groups in total. The molecule has 0 spiro atoms. The fraction of sp³-hybridized carbons (Fsp3) is 0.545. The van der Waals surface area contributed by atoms with Crippen LogP contribution in [-0.4, -0.2) is 47.0 Å². The van der Waals surface area contributed by atoms with Crippen LogP contribution in [0.15, 0.2) is 24.4 Å². The first-order chi connectivity index (χ1) is 13.3. The number of fused-ring (bicyclic) bond motifs is 2.